The predicted octanol–water partition coefficient (Wildman–Crippen LogP) is 4.67. The number of rotatable bonds is 11. The Morgan fingerprint density at radius 3 is 2.61 bits per heavy atom. The molecule has 214 valence electrons. The maximum absolute atomic E-state index is 15.1. The van der Waals surface area contributed by atoms with Gasteiger partial charge in [0, 0.05) is 43.7 Å². The fraction of sp³-hybridized carbons (Fsp3) is 0.714. The Kier molecular flexibility index (Phi) is 12.0. The van der Waals surface area contributed by atoms with Gasteiger partial charge < -0.3 is 30.3 Å². The first-order valence-corrected chi connectivity index (χ1v) is 13.9. The molecule has 1 aliphatic carbocycles. The second-order valence-electron chi connectivity index (χ2n) is 10.6. The first-order valence-electron chi connectivity index (χ1n) is 13.9. The number of piperidine rings is 1. The molecule has 10 heteroatoms. The largest absolute Gasteiger partial charge is 0.453 e. The highest BCUT2D eigenvalue weighted by atomic mass is 19.2. The lowest BCUT2D eigenvalue weighted by Gasteiger charge is -2.38. The van der Waals surface area contributed by atoms with Gasteiger partial charge in [-0.3, -0.25) is 0 Å². The highest BCUT2D eigenvalue weighted by molar-refractivity contribution is 5.74. The van der Waals surface area contributed by atoms with Gasteiger partial charge in [-0.2, -0.15) is 0 Å². The number of hydrogen-bond acceptors (Lipinski definition) is 5. The molecule has 1 heterocycles. The molecule has 2 fully saturated rings. The average molecular weight is 539 g/mol. The number of urea groups is 1. The van der Waals surface area contributed by atoms with Crippen molar-refractivity contribution in [1.29, 1.82) is 0 Å². The fourth-order valence-corrected chi connectivity index (χ4v) is 5.85. The third-order valence-electron chi connectivity index (χ3n) is 7.78. The molecule has 0 bridgehead atoms. The first kappa shape index (κ1) is 30.1. The highest BCUT2D eigenvalue weighted by Gasteiger charge is 2.35. The molecule has 0 radical (unpaired) electrons. The summed E-state index contributed by atoms with van der Waals surface area (Å²) in [4.78, 5) is 26.5. The number of nitrogens with one attached hydrogen (secondary N) is 3. The minimum atomic E-state index is -0.935. The number of carbonyl (C=O) groups is 2. The summed E-state index contributed by atoms with van der Waals surface area (Å²) in [5.74, 6) is -1.47. The van der Waals surface area contributed by atoms with E-state index in [1.54, 1.807) is 11.8 Å². The van der Waals surface area contributed by atoms with E-state index in [4.69, 9.17) is 4.74 Å². The first-order chi connectivity index (χ1) is 18.3. The van der Waals surface area contributed by atoms with Crippen molar-refractivity contribution < 1.29 is 27.8 Å². The Bertz CT molecular complexity index is 913. The Morgan fingerprint density at radius 2 is 1.89 bits per heavy atom. The predicted molar refractivity (Wildman–Crippen MR) is 142 cm³/mol. The summed E-state index contributed by atoms with van der Waals surface area (Å²) in [6.45, 7) is 3.63. The molecule has 3 rings (SSSR count). The van der Waals surface area contributed by atoms with Crippen LogP contribution in [0.3, 0.4) is 0 Å². The molecular formula is C28H44F2N4O4. The Morgan fingerprint density at radius 1 is 1.13 bits per heavy atom. The zero-order valence-electron chi connectivity index (χ0n) is 23.0. The van der Waals surface area contributed by atoms with Gasteiger partial charge in [0.2, 0.25) is 0 Å². The van der Waals surface area contributed by atoms with Gasteiger partial charge >= 0.3 is 12.1 Å². The zero-order chi connectivity index (χ0) is 27.5. The third-order valence-corrected chi connectivity index (χ3v) is 7.78. The molecule has 1 saturated carbocycles. The molecule has 3 atom stereocenters. The minimum Gasteiger partial charge on any atom is -0.453 e. The Hall–Kier alpha value is -2.46. The van der Waals surface area contributed by atoms with Crippen LogP contribution < -0.4 is 16.0 Å². The van der Waals surface area contributed by atoms with E-state index in [-0.39, 0.29) is 36.7 Å². The van der Waals surface area contributed by atoms with Gasteiger partial charge in [0.15, 0.2) is 11.6 Å². The average Bonchev–Trinajstić information content (AvgIpc) is 2.92. The number of alkyl carbamates (subject to hydrolysis) is 1. The quantitative estimate of drug-likeness (QED) is 0.356. The summed E-state index contributed by atoms with van der Waals surface area (Å²) in [5, 5.41) is 8.97. The number of benzene rings is 1. The number of methoxy groups -OCH3 is 1. The van der Waals surface area contributed by atoms with Gasteiger partial charge in [-0.1, -0.05) is 38.2 Å². The summed E-state index contributed by atoms with van der Waals surface area (Å²) >= 11 is 0. The molecule has 3 amide bonds. The molecule has 3 N–H and O–H groups in total. The summed E-state index contributed by atoms with van der Waals surface area (Å²) in [6.07, 6.45) is 7.26. The van der Waals surface area contributed by atoms with Crippen LogP contribution in [-0.4, -0.2) is 70.0 Å². The van der Waals surface area contributed by atoms with Gasteiger partial charge in [-0.05, 0) is 50.8 Å². The molecule has 2 aliphatic rings. The fourth-order valence-electron chi connectivity index (χ4n) is 5.85. The maximum Gasteiger partial charge on any atom is 0.406 e. The summed E-state index contributed by atoms with van der Waals surface area (Å²) < 4.78 is 40.0. The number of hydrogen-bond donors (Lipinski definition) is 3. The summed E-state index contributed by atoms with van der Waals surface area (Å²) in [7, 11) is 3.16. The van der Waals surface area contributed by atoms with Crippen molar-refractivity contribution in [3.63, 3.8) is 0 Å². The van der Waals surface area contributed by atoms with Crippen molar-refractivity contribution in [2.75, 3.05) is 46.9 Å². The second kappa shape index (κ2) is 15.2. The number of amides is 3. The van der Waals surface area contributed by atoms with Crippen LogP contribution in [0.25, 0.3) is 0 Å². The van der Waals surface area contributed by atoms with Crippen molar-refractivity contribution in [2.24, 2.45) is 11.8 Å². The number of nitrogens with zero attached hydrogens (tertiary/aromatic N) is 1. The van der Waals surface area contributed by atoms with E-state index in [0.29, 0.717) is 37.5 Å². The zero-order valence-corrected chi connectivity index (χ0v) is 23.0. The number of halogens is 2. The van der Waals surface area contributed by atoms with Crippen LogP contribution in [0.2, 0.25) is 0 Å². The lowest BCUT2D eigenvalue weighted by Crippen LogP contribution is -2.52. The van der Waals surface area contributed by atoms with Gasteiger partial charge in [-0.25, -0.2) is 18.4 Å². The minimum absolute atomic E-state index is 0.0373. The molecule has 0 spiro atoms. The van der Waals surface area contributed by atoms with Gasteiger partial charge in [0.05, 0.1) is 19.8 Å². The van der Waals surface area contributed by atoms with Crippen LogP contribution in [0.15, 0.2) is 12.1 Å². The van der Waals surface area contributed by atoms with Crippen LogP contribution in [0.1, 0.15) is 68.6 Å². The Balaban J connectivity index is 1.70. The van der Waals surface area contributed by atoms with Crippen molar-refractivity contribution in [3.05, 3.63) is 34.9 Å². The Labute approximate surface area is 225 Å². The van der Waals surface area contributed by atoms with E-state index >= 15 is 4.39 Å². The number of aryl methyl sites for hydroxylation is 1. The highest BCUT2D eigenvalue weighted by Crippen LogP contribution is 2.36. The van der Waals surface area contributed by atoms with Crippen LogP contribution in [0.5, 0.6) is 0 Å². The molecule has 1 aliphatic heterocycles. The molecular weight excluding hydrogens is 494 g/mol. The summed E-state index contributed by atoms with van der Waals surface area (Å²) in [5.41, 5.74) is 0.749. The standard InChI is InChI=1S/C28H44F2N4O4/c1-19-11-12-23(29)25(30)24(19)26(38-15-13-32-28(36)37-3)21-10-7-14-34(18-21)27(35)33-22(17-31-2)16-20-8-5-4-6-9-20/h11-12,20-22,26,31H,4-10,13-18H2,1-3H3,(H,32,36)(H,33,35). The van der Waals surface area contributed by atoms with Gasteiger partial charge in [0.25, 0.3) is 0 Å². The van der Waals surface area contributed by atoms with Crippen LogP contribution in [-0.2, 0) is 9.47 Å². The summed E-state index contributed by atoms with van der Waals surface area (Å²) in [6, 6.07) is 2.56. The molecule has 0 aromatic heterocycles. The van der Waals surface area contributed by atoms with Crippen LogP contribution in [0.4, 0.5) is 18.4 Å². The lowest BCUT2D eigenvalue weighted by atomic mass is 9.84. The number of likely N-dealkylation sites (N-methyl/N-ethyl adjacent to an activating group) is 1. The van der Waals surface area contributed by atoms with Crippen molar-refractivity contribution in [2.45, 2.75) is 70.4 Å². The molecule has 3 unspecified atom stereocenters. The van der Waals surface area contributed by atoms with E-state index in [1.165, 1.54) is 45.3 Å². The monoisotopic (exact) mass is 538 g/mol. The SMILES string of the molecule is CNCC(CC1CCCCC1)NC(=O)N1CCCC(C(OCCNC(=O)OC)c2c(C)ccc(F)c2F)C1. The second-order valence-corrected chi connectivity index (χ2v) is 10.6. The molecule has 1 saturated heterocycles. The maximum atomic E-state index is 15.1. The van der Waals surface area contributed by atoms with E-state index in [1.807, 2.05) is 7.05 Å². The van der Waals surface area contributed by atoms with Crippen molar-refractivity contribution in [1.82, 2.24) is 20.9 Å². The van der Waals surface area contributed by atoms with Gasteiger partial charge in [0.1, 0.15) is 0 Å². The normalized spacial score (nSPS) is 20.0. The lowest BCUT2D eigenvalue weighted by molar-refractivity contribution is -0.0113. The molecule has 1 aromatic rings. The molecule has 38 heavy (non-hydrogen) atoms. The number of carbonyl (C=O) groups excluding carboxylic acids is 2. The molecule has 8 nitrogen and oxygen atoms in total. The number of likely N-dealkylation sites (tertiary alicyclic amines) is 1. The van der Waals surface area contributed by atoms with E-state index < -0.39 is 23.8 Å². The smallest absolute Gasteiger partial charge is 0.406 e. The van der Waals surface area contributed by atoms with E-state index in [9.17, 15) is 14.0 Å². The third kappa shape index (κ3) is 8.53. The van der Waals surface area contributed by atoms with Crippen molar-refractivity contribution in [3.8, 4) is 0 Å². The van der Waals surface area contributed by atoms with E-state index in [0.717, 1.165) is 18.9 Å². The topological polar surface area (TPSA) is 91.9 Å². The number of ether oxygens (including phenoxy) is 2. The van der Waals surface area contributed by atoms with E-state index in [2.05, 4.69) is 20.7 Å². The van der Waals surface area contributed by atoms with Gasteiger partial charge in [-0.15, -0.1) is 0 Å². The van der Waals surface area contributed by atoms with Crippen LogP contribution >= 0.6 is 0 Å². The van der Waals surface area contributed by atoms with Crippen molar-refractivity contribution >= 4 is 12.1 Å². The van der Waals surface area contributed by atoms with Crippen LogP contribution in [0, 0.1) is 30.4 Å². The molecule has 1 aromatic carbocycles.